The minimum atomic E-state index is -1.31. The molecule has 1 fully saturated rings. The summed E-state index contributed by atoms with van der Waals surface area (Å²) in [4.78, 5) is 35.8. The maximum Gasteiger partial charge on any atom is 0.336 e. The Kier molecular flexibility index (Phi) is 10.0. The van der Waals surface area contributed by atoms with Gasteiger partial charge in [0.05, 0.1) is 37.9 Å². The van der Waals surface area contributed by atoms with E-state index in [1.54, 1.807) is 13.0 Å². The van der Waals surface area contributed by atoms with Crippen LogP contribution in [0.3, 0.4) is 0 Å². The van der Waals surface area contributed by atoms with Gasteiger partial charge in [-0.1, -0.05) is 26.2 Å². The third-order valence-electron chi connectivity index (χ3n) is 5.73. The van der Waals surface area contributed by atoms with Crippen molar-refractivity contribution in [3.8, 4) is 0 Å². The number of methoxy groups -OCH3 is 1. The highest BCUT2D eigenvalue weighted by atomic mass is 16.6. The lowest BCUT2D eigenvalue weighted by Gasteiger charge is -2.50. The molecule has 0 radical (unpaired) electrons. The van der Waals surface area contributed by atoms with E-state index in [0.717, 1.165) is 7.11 Å². The second-order valence-corrected chi connectivity index (χ2v) is 7.88. The number of ether oxygens (including phenoxy) is 3. The average molecular weight is 453 g/mol. The van der Waals surface area contributed by atoms with Crippen molar-refractivity contribution >= 4 is 17.9 Å². The van der Waals surface area contributed by atoms with Crippen molar-refractivity contribution in [3.63, 3.8) is 0 Å². The monoisotopic (exact) mass is 452 g/mol. The first kappa shape index (κ1) is 27.3. The zero-order valence-corrected chi connectivity index (χ0v) is 18.7. The summed E-state index contributed by atoms with van der Waals surface area (Å²) < 4.78 is 15.1. The Bertz CT molecular complexity index is 797. The van der Waals surface area contributed by atoms with E-state index in [2.05, 4.69) is 19.7 Å². The predicted molar refractivity (Wildman–Crippen MR) is 115 cm³/mol. The summed E-state index contributed by atoms with van der Waals surface area (Å²) in [6.45, 7) is 13.0. The number of hydrogen-bond donors (Lipinski definition) is 3. The second-order valence-electron chi connectivity index (χ2n) is 7.88. The molecular weight excluding hydrogens is 420 g/mol. The first-order chi connectivity index (χ1) is 15.0. The molecule has 1 rings (SSSR count). The van der Waals surface area contributed by atoms with Crippen LogP contribution in [-0.4, -0.2) is 72.4 Å². The highest BCUT2D eigenvalue weighted by Crippen LogP contribution is 2.50. The van der Waals surface area contributed by atoms with Crippen molar-refractivity contribution in [2.45, 2.75) is 32.5 Å². The minimum Gasteiger partial charge on any atom is -0.466 e. The maximum absolute atomic E-state index is 12.7. The van der Waals surface area contributed by atoms with Gasteiger partial charge in [-0.3, -0.25) is 4.79 Å². The third kappa shape index (κ3) is 6.15. The van der Waals surface area contributed by atoms with Crippen molar-refractivity contribution in [3.05, 3.63) is 48.6 Å². The van der Waals surface area contributed by atoms with Crippen LogP contribution in [0.2, 0.25) is 0 Å². The molecule has 3 N–H and O–H groups in total. The van der Waals surface area contributed by atoms with Gasteiger partial charge in [0.2, 0.25) is 0 Å². The van der Waals surface area contributed by atoms with E-state index in [-0.39, 0.29) is 24.2 Å². The summed E-state index contributed by atoms with van der Waals surface area (Å²) in [5.41, 5.74) is -0.804. The molecule has 0 bridgehead atoms. The molecule has 5 atom stereocenters. The number of carbonyl (C=O) groups is 3. The zero-order valence-electron chi connectivity index (χ0n) is 18.7. The number of aliphatic hydroxyl groups excluding tert-OH is 3. The SMILES string of the molecule is C=CC1(C)CC(OC(=O)C(=CCOC(C)=O)CO)C(C(=C)C(=O)OC)C(O)C1C(=C)CO. The first-order valence-corrected chi connectivity index (χ1v) is 9.98. The normalized spacial score (nSPS) is 27.8. The lowest BCUT2D eigenvalue weighted by Crippen LogP contribution is -2.54. The quantitative estimate of drug-likeness (QED) is 0.190. The summed E-state index contributed by atoms with van der Waals surface area (Å²) in [6, 6.07) is 0. The molecule has 178 valence electrons. The lowest BCUT2D eigenvalue weighted by atomic mass is 9.58. The molecule has 0 aromatic carbocycles. The smallest absolute Gasteiger partial charge is 0.336 e. The summed E-state index contributed by atoms with van der Waals surface area (Å²) in [7, 11) is 1.16. The van der Waals surface area contributed by atoms with Gasteiger partial charge in [-0.05, 0) is 23.5 Å². The van der Waals surface area contributed by atoms with Gasteiger partial charge in [-0.15, -0.1) is 6.58 Å². The molecule has 0 aromatic heterocycles. The van der Waals surface area contributed by atoms with E-state index in [0.29, 0.717) is 5.57 Å². The van der Waals surface area contributed by atoms with Crippen LogP contribution < -0.4 is 0 Å². The van der Waals surface area contributed by atoms with E-state index in [1.807, 2.05) is 0 Å². The van der Waals surface area contributed by atoms with Crippen LogP contribution in [0.25, 0.3) is 0 Å². The van der Waals surface area contributed by atoms with Gasteiger partial charge in [-0.25, -0.2) is 9.59 Å². The van der Waals surface area contributed by atoms with E-state index in [9.17, 15) is 29.7 Å². The highest BCUT2D eigenvalue weighted by molar-refractivity contribution is 5.90. The van der Waals surface area contributed by atoms with Crippen molar-refractivity contribution < 1.29 is 43.9 Å². The topological polar surface area (TPSA) is 140 Å². The Morgan fingerprint density at radius 2 is 1.78 bits per heavy atom. The maximum atomic E-state index is 12.7. The molecule has 1 aliphatic rings. The van der Waals surface area contributed by atoms with Crippen LogP contribution in [0.15, 0.2) is 48.6 Å². The third-order valence-corrected chi connectivity index (χ3v) is 5.73. The van der Waals surface area contributed by atoms with Crippen LogP contribution in [0.1, 0.15) is 20.3 Å². The fraction of sp³-hybridized carbons (Fsp3) is 0.522. The second kappa shape index (κ2) is 11.8. The molecule has 1 saturated carbocycles. The molecule has 5 unspecified atom stereocenters. The number of rotatable bonds is 10. The van der Waals surface area contributed by atoms with Gasteiger partial charge in [0.25, 0.3) is 0 Å². The van der Waals surface area contributed by atoms with Gasteiger partial charge in [0.15, 0.2) is 0 Å². The summed E-state index contributed by atoms with van der Waals surface area (Å²) >= 11 is 0. The summed E-state index contributed by atoms with van der Waals surface area (Å²) in [5, 5.41) is 30.4. The molecular formula is C23H32O9. The molecule has 0 amide bonds. The fourth-order valence-electron chi connectivity index (χ4n) is 4.02. The van der Waals surface area contributed by atoms with Crippen LogP contribution in [0.5, 0.6) is 0 Å². The summed E-state index contributed by atoms with van der Waals surface area (Å²) in [6.07, 6.45) is 0.545. The molecule has 0 spiro atoms. The van der Waals surface area contributed by atoms with Crippen molar-refractivity contribution in [1.82, 2.24) is 0 Å². The Labute approximate surface area is 187 Å². The molecule has 1 aliphatic carbocycles. The van der Waals surface area contributed by atoms with Crippen molar-refractivity contribution in [2.75, 3.05) is 26.9 Å². The van der Waals surface area contributed by atoms with Gasteiger partial charge in [0.1, 0.15) is 12.7 Å². The van der Waals surface area contributed by atoms with Gasteiger partial charge < -0.3 is 29.5 Å². The number of esters is 3. The summed E-state index contributed by atoms with van der Waals surface area (Å²) in [5.74, 6) is -4.04. The van der Waals surface area contributed by atoms with E-state index in [1.165, 1.54) is 13.0 Å². The number of aliphatic hydroxyl groups is 3. The average Bonchev–Trinajstić information content (AvgIpc) is 2.75. The van der Waals surface area contributed by atoms with E-state index in [4.69, 9.17) is 14.2 Å². The van der Waals surface area contributed by atoms with Gasteiger partial charge >= 0.3 is 17.9 Å². The standard InChI is InChI=1S/C23H32O9/c1-7-23(5)10-17(32-22(29)16(12-25)8-9-31-15(4)26)18(14(3)21(28)30-6)20(27)19(23)13(2)11-24/h7-8,17-20,24-25,27H,1-3,9-12H2,4-6H3. The van der Waals surface area contributed by atoms with Crippen LogP contribution in [0, 0.1) is 17.3 Å². The Morgan fingerprint density at radius 3 is 2.25 bits per heavy atom. The highest BCUT2D eigenvalue weighted by Gasteiger charge is 2.53. The Balaban J connectivity index is 3.35. The first-order valence-electron chi connectivity index (χ1n) is 9.98. The molecule has 0 saturated heterocycles. The fourth-order valence-corrected chi connectivity index (χ4v) is 4.02. The zero-order chi connectivity index (χ0) is 24.6. The number of allylic oxidation sites excluding steroid dienone is 1. The van der Waals surface area contributed by atoms with Crippen molar-refractivity contribution in [2.24, 2.45) is 17.3 Å². The molecule has 0 aromatic rings. The lowest BCUT2D eigenvalue weighted by molar-refractivity contribution is -0.161. The Morgan fingerprint density at radius 1 is 1.16 bits per heavy atom. The van der Waals surface area contributed by atoms with Gasteiger partial charge in [0, 0.05) is 18.4 Å². The molecule has 9 heteroatoms. The molecule has 9 nitrogen and oxygen atoms in total. The largest absolute Gasteiger partial charge is 0.466 e. The molecule has 32 heavy (non-hydrogen) atoms. The van der Waals surface area contributed by atoms with Crippen LogP contribution in [0.4, 0.5) is 0 Å². The van der Waals surface area contributed by atoms with E-state index < -0.39 is 60.6 Å². The number of hydrogen-bond acceptors (Lipinski definition) is 9. The van der Waals surface area contributed by atoms with Crippen LogP contribution in [-0.2, 0) is 28.6 Å². The molecule has 0 aliphatic heterocycles. The van der Waals surface area contributed by atoms with Crippen LogP contribution >= 0.6 is 0 Å². The van der Waals surface area contributed by atoms with Gasteiger partial charge in [-0.2, -0.15) is 0 Å². The van der Waals surface area contributed by atoms with E-state index >= 15 is 0 Å². The molecule has 0 heterocycles. The Hall–Kier alpha value is -2.75. The van der Waals surface area contributed by atoms with Crippen molar-refractivity contribution in [1.29, 1.82) is 0 Å². The predicted octanol–water partition coefficient (Wildman–Crippen LogP) is 0.847. The number of carbonyl (C=O) groups excluding carboxylic acids is 3. The minimum absolute atomic E-state index is 0.117.